The highest BCUT2D eigenvalue weighted by molar-refractivity contribution is 5.95. The molecule has 2 heterocycles. The van der Waals surface area contributed by atoms with E-state index in [-0.39, 0.29) is 11.9 Å². The van der Waals surface area contributed by atoms with Gasteiger partial charge >= 0.3 is 0 Å². The van der Waals surface area contributed by atoms with Crippen molar-refractivity contribution in [3.63, 3.8) is 0 Å². The Hall–Kier alpha value is -3.67. The molecule has 1 atom stereocenters. The van der Waals surface area contributed by atoms with Crippen LogP contribution in [0, 0.1) is 0 Å². The Kier molecular flexibility index (Phi) is 5.98. The zero-order valence-electron chi connectivity index (χ0n) is 18.0. The van der Waals surface area contributed by atoms with Crippen molar-refractivity contribution in [1.29, 1.82) is 0 Å². The zero-order chi connectivity index (χ0) is 21.8. The van der Waals surface area contributed by atoms with E-state index >= 15 is 0 Å². The van der Waals surface area contributed by atoms with Gasteiger partial charge in [0.1, 0.15) is 17.1 Å². The number of nitrogens with one attached hydrogen (secondary N) is 1. The Morgan fingerprint density at radius 1 is 1.13 bits per heavy atom. The molecular formula is C25H26N4O2. The van der Waals surface area contributed by atoms with Crippen LogP contribution in [-0.4, -0.2) is 27.6 Å². The second kappa shape index (κ2) is 9.00. The minimum atomic E-state index is -0.129. The first-order valence-electron chi connectivity index (χ1n) is 10.5. The number of methoxy groups -OCH3 is 1. The lowest BCUT2D eigenvalue weighted by atomic mass is 10.1. The third kappa shape index (κ3) is 4.28. The lowest BCUT2D eigenvalue weighted by molar-refractivity contribution is 0.0940. The third-order valence-electron chi connectivity index (χ3n) is 5.30. The maximum Gasteiger partial charge on any atom is 0.251 e. The standard InChI is InChI=1S/C25H26N4O2/c1-4-15-29-23(28-22-9-6-14-26-24(22)29)19-7-5-8-20(16-19)25(30)27-17(2)18-10-12-21(31-3)13-11-18/h5-14,16-17H,4,15H2,1-3H3,(H,27,30)/t17-/m0/s1. The molecule has 1 amide bonds. The number of carbonyl (C=O) groups excluding carboxylic acids is 1. The number of hydrogen-bond acceptors (Lipinski definition) is 4. The Balaban J connectivity index is 1.60. The van der Waals surface area contributed by atoms with Crippen molar-refractivity contribution in [2.75, 3.05) is 7.11 Å². The van der Waals surface area contributed by atoms with Gasteiger partial charge in [0.05, 0.1) is 13.2 Å². The van der Waals surface area contributed by atoms with Crippen LogP contribution in [0.25, 0.3) is 22.6 Å². The molecule has 0 aliphatic carbocycles. The number of carbonyl (C=O) groups is 1. The number of nitrogens with zero attached hydrogens (tertiary/aromatic N) is 3. The van der Waals surface area contributed by atoms with Gasteiger partial charge in [0.2, 0.25) is 0 Å². The summed E-state index contributed by atoms with van der Waals surface area (Å²) in [6.07, 6.45) is 2.75. The minimum absolute atomic E-state index is 0.124. The van der Waals surface area contributed by atoms with Gasteiger partial charge in [-0.05, 0) is 55.3 Å². The van der Waals surface area contributed by atoms with Crippen LogP contribution in [0.5, 0.6) is 5.75 Å². The summed E-state index contributed by atoms with van der Waals surface area (Å²) in [7, 11) is 1.64. The van der Waals surface area contributed by atoms with E-state index in [9.17, 15) is 4.79 Å². The highest BCUT2D eigenvalue weighted by Crippen LogP contribution is 2.25. The summed E-state index contributed by atoms with van der Waals surface area (Å²) in [5, 5.41) is 3.08. The molecule has 158 valence electrons. The molecule has 0 aliphatic rings. The highest BCUT2D eigenvalue weighted by Gasteiger charge is 2.16. The van der Waals surface area contributed by atoms with E-state index in [0.717, 1.165) is 46.8 Å². The van der Waals surface area contributed by atoms with Crippen LogP contribution < -0.4 is 10.1 Å². The Morgan fingerprint density at radius 2 is 1.94 bits per heavy atom. The summed E-state index contributed by atoms with van der Waals surface area (Å²) in [5.41, 5.74) is 4.23. The number of benzene rings is 2. The molecule has 6 heteroatoms. The van der Waals surface area contributed by atoms with Crippen LogP contribution in [0.15, 0.2) is 66.9 Å². The smallest absolute Gasteiger partial charge is 0.251 e. The molecule has 2 aromatic heterocycles. The second-order valence-electron chi connectivity index (χ2n) is 7.48. The number of aromatic nitrogens is 3. The summed E-state index contributed by atoms with van der Waals surface area (Å²) in [6.45, 7) is 4.91. The fourth-order valence-corrected chi connectivity index (χ4v) is 3.67. The van der Waals surface area contributed by atoms with Crippen molar-refractivity contribution in [2.45, 2.75) is 32.9 Å². The molecule has 0 saturated carbocycles. The van der Waals surface area contributed by atoms with Gasteiger partial charge in [0, 0.05) is 23.9 Å². The van der Waals surface area contributed by atoms with Gasteiger partial charge in [-0.3, -0.25) is 4.79 Å². The molecule has 4 rings (SSSR count). The van der Waals surface area contributed by atoms with E-state index in [2.05, 4.69) is 21.8 Å². The van der Waals surface area contributed by atoms with Gasteiger partial charge in [-0.25, -0.2) is 9.97 Å². The number of imidazole rings is 1. The summed E-state index contributed by atoms with van der Waals surface area (Å²) in [5.74, 6) is 1.49. The van der Waals surface area contributed by atoms with Crippen molar-refractivity contribution in [2.24, 2.45) is 0 Å². The van der Waals surface area contributed by atoms with Crippen molar-refractivity contribution in [3.8, 4) is 17.1 Å². The van der Waals surface area contributed by atoms with E-state index in [4.69, 9.17) is 9.72 Å². The number of pyridine rings is 1. The van der Waals surface area contributed by atoms with Gasteiger partial charge in [-0.15, -0.1) is 0 Å². The number of amides is 1. The average Bonchev–Trinajstić information content (AvgIpc) is 3.18. The molecule has 1 N–H and O–H groups in total. The quantitative estimate of drug-likeness (QED) is 0.462. The summed E-state index contributed by atoms with van der Waals surface area (Å²) in [4.78, 5) is 22.2. The van der Waals surface area contributed by atoms with Crippen LogP contribution in [0.3, 0.4) is 0 Å². The number of hydrogen-bond donors (Lipinski definition) is 1. The first-order valence-corrected chi connectivity index (χ1v) is 10.5. The molecule has 0 unspecified atom stereocenters. The van der Waals surface area contributed by atoms with Crippen molar-refractivity contribution >= 4 is 17.1 Å². The van der Waals surface area contributed by atoms with Crippen LogP contribution >= 0.6 is 0 Å². The molecule has 31 heavy (non-hydrogen) atoms. The normalized spacial score (nSPS) is 12.0. The van der Waals surface area contributed by atoms with Gasteiger partial charge in [0.25, 0.3) is 5.91 Å². The molecule has 0 spiro atoms. The van der Waals surface area contributed by atoms with Gasteiger partial charge in [-0.1, -0.05) is 31.2 Å². The molecule has 6 nitrogen and oxygen atoms in total. The highest BCUT2D eigenvalue weighted by atomic mass is 16.5. The number of ether oxygens (including phenoxy) is 1. The molecule has 0 saturated heterocycles. The predicted octanol–water partition coefficient (Wildman–Crippen LogP) is 5.01. The first-order chi connectivity index (χ1) is 15.1. The van der Waals surface area contributed by atoms with Crippen LogP contribution in [-0.2, 0) is 6.54 Å². The molecule has 0 aliphatic heterocycles. The monoisotopic (exact) mass is 414 g/mol. The number of rotatable bonds is 7. The molecule has 2 aromatic carbocycles. The minimum Gasteiger partial charge on any atom is -0.497 e. The van der Waals surface area contributed by atoms with Crippen molar-refractivity contribution in [3.05, 3.63) is 78.0 Å². The van der Waals surface area contributed by atoms with E-state index in [0.29, 0.717) is 5.56 Å². The molecule has 0 bridgehead atoms. The summed E-state index contributed by atoms with van der Waals surface area (Å²) in [6, 6.07) is 19.0. The maximum absolute atomic E-state index is 12.9. The van der Waals surface area contributed by atoms with Crippen molar-refractivity contribution in [1.82, 2.24) is 19.9 Å². The lowest BCUT2D eigenvalue weighted by Gasteiger charge is -2.15. The molecular weight excluding hydrogens is 388 g/mol. The van der Waals surface area contributed by atoms with E-state index in [1.807, 2.05) is 67.6 Å². The first kappa shape index (κ1) is 20.6. The Morgan fingerprint density at radius 3 is 2.68 bits per heavy atom. The lowest BCUT2D eigenvalue weighted by Crippen LogP contribution is -2.26. The van der Waals surface area contributed by atoms with Gasteiger partial charge in [0.15, 0.2) is 5.65 Å². The van der Waals surface area contributed by atoms with Crippen LogP contribution in [0.4, 0.5) is 0 Å². The number of fused-ring (bicyclic) bond motifs is 1. The zero-order valence-corrected chi connectivity index (χ0v) is 18.0. The fourth-order valence-electron chi connectivity index (χ4n) is 3.67. The fraction of sp³-hybridized carbons (Fsp3) is 0.240. The van der Waals surface area contributed by atoms with E-state index in [1.54, 1.807) is 13.3 Å². The SMILES string of the molecule is CCCn1c(-c2cccc(C(=O)N[C@@H](C)c3ccc(OC)cc3)c2)nc2cccnc21. The van der Waals surface area contributed by atoms with Gasteiger partial charge < -0.3 is 14.6 Å². The Bertz CT molecular complexity index is 1200. The van der Waals surface area contributed by atoms with Gasteiger partial charge in [-0.2, -0.15) is 0 Å². The third-order valence-corrected chi connectivity index (χ3v) is 5.30. The second-order valence-corrected chi connectivity index (χ2v) is 7.48. The summed E-state index contributed by atoms with van der Waals surface area (Å²) < 4.78 is 7.32. The topological polar surface area (TPSA) is 69.0 Å². The predicted molar refractivity (Wildman–Crippen MR) is 122 cm³/mol. The summed E-state index contributed by atoms with van der Waals surface area (Å²) >= 11 is 0. The Labute approximate surface area is 181 Å². The number of aryl methyl sites for hydroxylation is 1. The molecule has 0 fully saturated rings. The van der Waals surface area contributed by atoms with E-state index in [1.165, 1.54) is 0 Å². The van der Waals surface area contributed by atoms with Crippen molar-refractivity contribution < 1.29 is 9.53 Å². The van der Waals surface area contributed by atoms with Crippen LogP contribution in [0.2, 0.25) is 0 Å². The maximum atomic E-state index is 12.9. The molecule has 0 radical (unpaired) electrons. The van der Waals surface area contributed by atoms with Crippen LogP contribution in [0.1, 0.15) is 42.2 Å². The average molecular weight is 415 g/mol. The molecule has 4 aromatic rings. The largest absolute Gasteiger partial charge is 0.497 e. The van der Waals surface area contributed by atoms with E-state index < -0.39 is 0 Å².